The normalized spacial score (nSPS) is 11.9. The molecule has 2 heterocycles. The molecule has 9 nitrogen and oxygen atoms in total. The predicted molar refractivity (Wildman–Crippen MR) is 86.2 cm³/mol. The summed E-state index contributed by atoms with van der Waals surface area (Å²) in [6.45, 7) is -0.0171. The van der Waals surface area contributed by atoms with Gasteiger partial charge in [0.25, 0.3) is 11.6 Å². The first-order valence-corrected chi connectivity index (χ1v) is 7.35. The molecule has 0 fully saturated rings. The zero-order chi connectivity index (χ0) is 17.8. The van der Waals surface area contributed by atoms with E-state index in [4.69, 9.17) is 4.42 Å². The van der Waals surface area contributed by atoms with Crippen LogP contribution in [0.1, 0.15) is 22.4 Å². The number of nitro groups is 1. The number of benzene rings is 1. The smallest absolute Gasteiger partial charge is 0.271 e. The van der Waals surface area contributed by atoms with E-state index < -0.39 is 16.9 Å². The van der Waals surface area contributed by atoms with Crippen LogP contribution in [-0.2, 0) is 0 Å². The number of furan rings is 1. The van der Waals surface area contributed by atoms with Gasteiger partial charge in [0.05, 0.1) is 23.4 Å². The van der Waals surface area contributed by atoms with Crippen LogP contribution in [0.15, 0.2) is 59.3 Å². The van der Waals surface area contributed by atoms with E-state index in [9.17, 15) is 20.0 Å². The van der Waals surface area contributed by atoms with E-state index in [0.717, 1.165) is 0 Å². The molecule has 1 aromatic carbocycles. The van der Waals surface area contributed by atoms with Gasteiger partial charge in [-0.05, 0) is 30.3 Å². The monoisotopic (exact) mass is 342 g/mol. The fourth-order valence-electron chi connectivity index (χ4n) is 2.18. The molecule has 2 N–H and O–H groups in total. The Balaban J connectivity index is 1.64. The third-order valence-corrected chi connectivity index (χ3v) is 3.47. The Kier molecular flexibility index (Phi) is 4.57. The number of non-ortho nitro benzene ring substituents is 1. The first-order valence-electron chi connectivity index (χ1n) is 7.35. The van der Waals surface area contributed by atoms with Gasteiger partial charge in [-0.3, -0.25) is 14.9 Å². The van der Waals surface area contributed by atoms with E-state index in [1.807, 2.05) is 0 Å². The average Bonchev–Trinajstić information content (AvgIpc) is 3.31. The van der Waals surface area contributed by atoms with Crippen molar-refractivity contribution < 1.29 is 19.2 Å². The minimum Gasteiger partial charge on any atom is -0.467 e. The van der Waals surface area contributed by atoms with Crippen LogP contribution in [0.25, 0.3) is 5.69 Å². The quantitative estimate of drug-likeness (QED) is 0.520. The highest BCUT2D eigenvalue weighted by Crippen LogP contribution is 2.15. The molecule has 0 aliphatic rings. The van der Waals surface area contributed by atoms with Gasteiger partial charge in [-0.25, -0.2) is 4.68 Å². The van der Waals surface area contributed by atoms with Gasteiger partial charge in [-0.1, -0.05) is 0 Å². The summed E-state index contributed by atoms with van der Waals surface area (Å²) >= 11 is 0. The molecule has 0 spiro atoms. The summed E-state index contributed by atoms with van der Waals surface area (Å²) in [5.74, 6) is -0.0945. The van der Waals surface area contributed by atoms with Crippen LogP contribution >= 0.6 is 0 Å². The number of aliphatic hydroxyl groups excluding tert-OH is 1. The number of rotatable bonds is 6. The Bertz CT molecular complexity index is 870. The molecule has 128 valence electrons. The van der Waals surface area contributed by atoms with Crippen molar-refractivity contribution in [2.45, 2.75) is 6.10 Å². The predicted octanol–water partition coefficient (Wildman–Crippen LogP) is 1.84. The summed E-state index contributed by atoms with van der Waals surface area (Å²) in [7, 11) is 0. The highest BCUT2D eigenvalue weighted by molar-refractivity contribution is 5.92. The molecule has 0 aliphatic carbocycles. The molecule has 1 amide bonds. The van der Waals surface area contributed by atoms with E-state index in [1.54, 1.807) is 18.3 Å². The standard InChI is InChI=1S/C16H14N4O5/c21-14(15-2-1-9-25-15)10-17-16(22)13-7-8-19(18-13)11-3-5-12(6-4-11)20(23)24/h1-9,14,21H,10H2,(H,17,22). The number of nitrogens with zero attached hydrogens (tertiary/aromatic N) is 3. The van der Waals surface area contributed by atoms with E-state index in [2.05, 4.69) is 10.4 Å². The second-order valence-electron chi connectivity index (χ2n) is 5.16. The number of hydrogen-bond acceptors (Lipinski definition) is 6. The van der Waals surface area contributed by atoms with Crippen molar-refractivity contribution in [3.63, 3.8) is 0 Å². The number of aliphatic hydroxyl groups is 1. The van der Waals surface area contributed by atoms with Crippen molar-refractivity contribution in [1.29, 1.82) is 0 Å². The van der Waals surface area contributed by atoms with Crippen LogP contribution < -0.4 is 5.32 Å². The fourth-order valence-corrected chi connectivity index (χ4v) is 2.18. The molecular weight excluding hydrogens is 328 g/mol. The fraction of sp³-hybridized carbons (Fsp3) is 0.125. The first kappa shape index (κ1) is 16.4. The van der Waals surface area contributed by atoms with Crippen molar-refractivity contribution in [3.05, 3.63) is 76.5 Å². The molecule has 0 saturated heterocycles. The SMILES string of the molecule is O=C(NCC(O)c1ccco1)c1ccn(-c2ccc([N+](=O)[O-])cc2)n1. The van der Waals surface area contributed by atoms with E-state index in [-0.39, 0.29) is 17.9 Å². The van der Waals surface area contributed by atoms with Gasteiger partial charge < -0.3 is 14.8 Å². The summed E-state index contributed by atoms with van der Waals surface area (Å²) in [6.07, 6.45) is 2.06. The summed E-state index contributed by atoms with van der Waals surface area (Å²) in [6, 6.07) is 10.6. The Morgan fingerprint density at radius 3 is 2.72 bits per heavy atom. The topological polar surface area (TPSA) is 123 Å². The number of carbonyl (C=O) groups is 1. The molecule has 1 atom stereocenters. The third-order valence-electron chi connectivity index (χ3n) is 3.47. The van der Waals surface area contributed by atoms with Gasteiger partial charge in [-0.2, -0.15) is 5.10 Å². The Morgan fingerprint density at radius 2 is 2.08 bits per heavy atom. The number of hydrogen-bond donors (Lipinski definition) is 2. The Morgan fingerprint density at radius 1 is 1.32 bits per heavy atom. The summed E-state index contributed by atoms with van der Waals surface area (Å²) in [5.41, 5.74) is 0.714. The van der Waals surface area contributed by atoms with Crippen LogP contribution in [0, 0.1) is 10.1 Å². The van der Waals surface area contributed by atoms with Crippen molar-refractivity contribution in [2.75, 3.05) is 6.54 Å². The first-order chi connectivity index (χ1) is 12.0. The second-order valence-corrected chi connectivity index (χ2v) is 5.16. The maximum atomic E-state index is 12.1. The molecule has 2 aromatic heterocycles. The number of nitro benzene ring substituents is 1. The van der Waals surface area contributed by atoms with Gasteiger partial charge in [-0.15, -0.1) is 0 Å². The number of carbonyl (C=O) groups excluding carboxylic acids is 1. The Labute approximate surface area is 141 Å². The van der Waals surface area contributed by atoms with Gasteiger partial charge in [0.15, 0.2) is 5.69 Å². The van der Waals surface area contributed by atoms with Gasteiger partial charge in [0.2, 0.25) is 0 Å². The average molecular weight is 342 g/mol. The molecule has 0 radical (unpaired) electrons. The lowest BCUT2D eigenvalue weighted by Crippen LogP contribution is -2.28. The van der Waals surface area contributed by atoms with Gasteiger partial charge in [0, 0.05) is 18.3 Å². The zero-order valence-electron chi connectivity index (χ0n) is 12.9. The van der Waals surface area contributed by atoms with Crippen LogP contribution in [0.3, 0.4) is 0 Å². The second kappa shape index (κ2) is 6.97. The van der Waals surface area contributed by atoms with Gasteiger partial charge >= 0.3 is 0 Å². The van der Waals surface area contributed by atoms with Crippen LogP contribution in [0.5, 0.6) is 0 Å². The minimum absolute atomic E-state index is 0.0171. The van der Waals surface area contributed by atoms with Crippen molar-refractivity contribution >= 4 is 11.6 Å². The van der Waals surface area contributed by atoms with E-state index in [1.165, 1.54) is 41.3 Å². The molecule has 0 saturated carbocycles. The highest BCUT2D eigenvalue weighted by Gasteiger charge is 2.15. The molecule has 25 heavy (non-hydrogen) atoms. The van der Waals surface area contributed by atoms with Crippen molar-refractivity contribution in [2.24, 2.45) is 0 Å². The van der Waals surface area contributed by atoms with E-state index >= 15 is 0 Å². The summed E-state index contributed by atoms with van der Waals surface area (Å²) < 4.78 is 6.48. The molecule has 0 bridgehead atoms. The lowest BCUT2D eigenvalue weighted by Gasteiger charge is -2.08. The van der Waals surface area contributed by atoms with Crippen molar-refractivity contribution in [1.82, 2.24) is 15.1 Å². The molecule has 1 unspecified atom stereocenters. The number of amides is 1. The van der Waals surface area contributed by atoms with E-state index in [0.29, 0.717) is 11.4 Å². The lowest BCUT2D eigenvalue weighted by atomic mass is 10.2. The molecule has 0 aliphatic heterocycles. The zero-order valence-corrected chi connectivity index (χ0v) is 12.9. The summed E-state index contributed by atoms with van der Waals surface area (Å²) in [5, 5.41) is 27.2. The van der Waals surface area contributed by atoms with Gasteiger partial charge in [0.1, 0.15) is 11.9 Å². The number of aromatic nitrogens is 2. The largest absolute Gasteiger partial charge is 0.467 e. The summed E-state index contributed by atoms with van der Waals surface area (Å²) in [4.78, 5) is 22.3. The van der Waals surface area contributed by atoms with Crippen LogP contribution in [0.4, 0.5) is 5.69 Å². The van der Waals surface area contributed by atoms with Crippen LogP contribution in [0.2, 0.25) is 0 Å². The number of nitrogens with one attached hydrogen (secondary N) is 1. The Hall–Kier alpha value is -3.46. The minimum atomic E-state index is -0.948. The van der Waals surface area contributed by atoms with Crippen molar-refractivity contribution in [3.8, 4) is 5.69 Å². The maximum absolute atomic E-state index is 12.1. The molecule has 9 heteroatoms. The molecular formula is C16H14N4O5. The molecule has 3 rings (SSSR count). The lowest BCUT2D eigenvalue weighted by molar-refractivity contribution is -0.384. The maximum Gasteiger partial charge on any atom is 0.271 e. The van der Waals surface area contributed by atoms with Crippen LogP contribution in [-0.4, -0.2) is 32.3 Å². The highest BCUT2D eigenvalue weighted by atomic mass is 16.6. The molecule has 3 aromatic rings. The third kappa shape index (κ3) is 3.72.